The van der Waals surface area contributed by atoms with Gasteiger partial charge in [0.1, 0.15) is 22.0 Å². The number of aromatic nitrogens is 3. The summed E-state index contributed by atoms with van der Waals surface area (Å²) in [6.07, 6.45) is 0.916. The smallest absolute Gasteiger partial charge is 0.276 e. The number of rotatable bonds is 3. The van der Waals surface area contributed by atoms with Crippen molar-refractivity contribution in [3.63, 3.8) is 0 Å². The number of fused-ring (bicyclic) bond motifs is 1. The summed E-state index contributed by atoms with van der Waals surface area (Å²) < 4.78 is 5.50. The lowest BCUT2D eigenvalue weighted by atomic mass is 10.1. The third-order valence-electron chi connectivity index (χ3n) is 3.25. The highest BCUT2D eigenvalue weighted by atomic mass is 32.1. The Bertz CT molecular complexity index is 829. The molecule has 0 aliphatic carbocycles. The van der Waals surface area contributed by atoms with Crippen molar-refractivity contribution in [1.29, 1.82) is 0 Å². The molecule has 1 amide bonds. The lowest BCUT2D eigenvalue weighted by molar-refractivity contribution is 0.102. The Morgan fingerprint density at radius 1 is 1.32 bits per heavy atom. The van der Waals surface area contributed by atoms with Gasteiger partial charge in [-0.3, -0.25) is 10.1 Å². The second-order valence-electron chi connectivity index (χ2n) is 4.66. The minimum Gasteiger partial charge on any atom is -0.493 e. The third kappa shape index (κ3) is 2.46. The molecule has 4 rings (SSSR count). The molecule has 0 bridgehead atoms. The van der Waals surface area contributed by atoms with Crippen molar-refractivity contribution in [3.05, 3.63) is 40.3 Å². The van der Waals surface area contributed by atoms with Crippen LogP contribution in [-0.2, 0) is 6.42 Å². The van der Waals surface area contributed by atoms with Crippen LogP contribution in [-0.4, -0.2) is 27.7 Å². The highest BCUT2D eigenvalue weighted by Crippen LogP contribution is 2.32. The summed E-state index contributed by atoms with van der Waals surface area (Å²) in [5.41, 5.74) is 4.14. The zero-order chi connectivity index (χ0) is 14.9. The summed E-state index contributed by atoms with van der Waals surface area (Å²) in [7, 11) is 0. The first-order valence-electron chi connectivity index (χ1n) is 6.59. The number of hydrogen-bond donors (Lipinski definition) is 1. The Morgan fingerprint density at radius 2 is 2.27 bits per heavy atom. The first-order chi connectivity index (χ1) is 10.8. The lowest BCUT2D eigenvalue weighted by Crippen LogP contribution is -2.12. The molecule has 0 radical (unpaired) electrons. The predicted molar refractivity (Wildman–Crippen MR) is 84.6 cm³/mol. The predicted octanol–water partition coefficient (Wildman–Crippen LogP) is 2.85. The molecule has 0 saturated carbocycles. The van der Waals surface area contributed by atoms with Gasteiger partial charge in [0.2, 0.25) is 5.13 Å². The molecule has 3 heterocycles. The van der Waals surface area contributed by atoms with Gasteiger partial charge in [-0.2, -0.15) is 0 Å². The maximum absolute atomic E-state index is 12.1. The molecule has 0 spiro atoms. The van der Waals surface area contributed by atoms with Crippen LogP contribution in [0.2, 0.25) is 0 Å². The molecule has 110 valence electrons. The summed E-state index contributed by atoms with van der Waals surface area (Å²) in [5.74, 6) is 0.665. The molecule has 1 N–H and O–H groups in total. The minimum atomic E-state index is -0.274. The van der Waals surface area contributed by atoms with E-state index in [2.05, 4.69) is 26.6 Å². The first-order valence-corrected chi connectivity index (χ1v) is 8.35. The van der Waals surface area contributed by atoms with Crippen molar-refractivity contribution in [2.45, 2.75) is 6.42 Å². The van der Waals surface area contributed by atoms with Crippen LogP contribution in [0.4, 0.5) is 5.13 Å². The number of ether oxygens (including phenoxy) is 1. The Kier molecular flexibility index (Phi) is 3.32. The van der Waals surface area contributed by atoms with Crippen LogP contribution in [0.25, 0.3) is 10.6 Å². The summed E-state index contributed by atoms with van der Waals surface area (Å²) in [6.45, 7) is 0.728. The number of anilines is 1. The van der Waals surface area contributed by atoms with E-state index in [0.717, 1.165) is 29.3 Å². The van der Waals surface area contributed by atoms with Crippen molar-refractivity contribution in [2.24, 2.45) is 0 Å². The number of thiazole rings is 1. The molecule has 3 aromatic rings. The molecule has 1 aliphatic heterocycles. The summed E-state index contributed by atoms with van der Waals surface area (Å²) >= 11 is 2.71. The highest BCUT2D eigenvalue weighted by molar-refractivity contribution is 7.14. The number of nitrogens with one attached hydrogen (secondary N) is 1. The van der Waals surface area contributed by atoms with Crippen LogP contribution in [0.3, 0.4) is 0 Å². The zero-order valence-electron chi connectivity index (χ0n) is 11.3. The van der Waals surface area contributed by atoms with E-state index in [9.17, 15) is 4.79 Å². The van der Waals surface area contributed by atoms with Gasteiger partial charge in [-0.1, -0.05) is 11.3 Å². The normalized spacial score (nSPS) is 12.7. The topological polar surface area (TPSA) is 77.0 Å². The molecule has 1 aromatic carbocycles. The number of carbonyl (C=O) groups is 1. The van der Waals surface area contributed by atoms with Gasteiger partial charge >= 0.3 is 0 Å². The SMILES string of the molecule is O=C(Nc1nncs1)c1csc(-c2ccc3c(c2)CCO3)n1. The van der Waals surface area contributed by atoms with E-state index in [1.807, 2.05) is 12.1 Å². The van der Waals surface area contributed by atoms with Gasteiger partial charge in [0.05, 0.1) is 6.61 Å². The fraction of sp³-hybridized carbons (Fsp3) is 0.143. The molecule has 0 fully saturated rings. The van der Waals surface area contributed by atoms with Crippen molar-refractivity contribution in [2.75, 3.05) is 11.9 Å². The molecule has 1 aliphatic rings. The number of nitrogens with zero attached hydrogens (tertiary/aromatic N) is 3. The maximum Gasteiger partial charge on any atom is 0.276 e. The fourth-order valence-corrected chi connectivity index (χ4v) is 3.46. The Morgan fingerprint density at radius 3 is 3.14 bits per heavy atom. The van der Waals surface area contributed by atoms with Gasteiger partial charge in [0.15, 0.2) is 0 Å². The number of benzene rings is 1. The van der Waals surface area contributed by atoms with Gasteiger partial charge in [-0.25, -0.2) is 4.98 Å². The molecule has 6 nitrogen and oxygen atoms in total. The second-order valence-corrected chi connectivity index (χ2v) is 6.35. The monoisotopic (exact) mass is 330 g/mol. The van der Waals surface area contributed by atoms with E-state index in [-0.39, 0.29) is 5.91 Å². The quantitative estimate of drug-likeness (QED) is 0.799. The lowest BCUT2D eigenvalue weighted by Gasteiger charge is -2.01. The van der Waals surface area contributed by atoms with E-state index in [0.29, 0.717) is 10.8 Å². The molecule has 0 saturated heterocycles. The molecule has 2 aromatic heterocycles. The largest absolute Gasteiger partial charge is 0.493 e. The van der Waals surface area contributed by atoms with E-state index in [4.69, 9.17) is 4.74 Å². The van der Waals surface area contributed by atoms with Crippen LogP contribution in [0.1, 0.15) is 16.1 Å². The van der Waals surface area contributed by atoms with E-state index < -0.39 is 0 Å². The fourth-order valence-electron chi connectivity index (χ4n) is 2.22. The minimum absolute atomic E-state index is 0.274. The summed E-state index contributed by atoms with van der Waals surface area (Å²) in [6, 6.07) is 6.00. The van der Waals surface area contributed by atoms with Gasteiger partial charge in [-0.15, -0.1) is 21.5 Å². The van der Waals surface area contributed by atoms with Crippen molar-refractivity contribution >= 4 is 33.7 Å². The summed E-state index contributed by atoms with van der Waals surface area (Å²) in [5, 5.41) is 13.2. The van der Waals surface area contributed by atoms with Crippen LogP contribution >= 0.6 is 22.7 Å². The van der Waals surface area contributed by atoms with Crippen molar-refractivity contribution in [1.82, 2.24) is 15.2 Å². The molecular weight excluding hydrogens is 320 g/mol. The average molecular weight is 330 g/mol. The van der Waals surface area contributed by atoms with E-state index >= 15 is 0 Å². The van der Waals surface area contributed by atoms with E-state index in [1.54, 1.807) is 10.9 Å². The number of amides is 1. The van der Waals surface area contributed by atoms with Gasteiger partial charge in [0.25, 0.3) is 5.91 Å². The second kappa shape index (κ2) is 5.47. The molecule has 0 atom stereocenters. The maximum atomic E-state index is 12.1. The molecule has 8 heteroatoms. The van der Waals surface area contributed by atoms with Crippen LogP contribution in [0.5, 0.6) is 5.75 Å². The van der Waals surface area contributed by atoms with Crippen molar-refractivity contribution < 1.29 is 9.53 Å². The Labute approximate surface area is 133 Å². The number of carbonyl (C=O) groups excluding carboxylic acids is 1. The van der Waals surface area contributed by atoms with Crippen LogP contribution in [0, 0.1) is 0 Å². The zero-order valence-corrected chi connectivity index (χ0v) is 12.9. The Balaban J connectivity index is 1.57. The first kappa shape index (κ1) is 13.4. The molecular formula is C14H10N4O2S2. The van der Waals surface area contributed by atoms with Crippen molar-refractivity contribution in [3.8, 4) is 16.3 Å². The van der Waals surface area contributed by atoms with E-state index in [1.165, 1.54) is 28.2 Å². The third-order valence-corrected chi connectivity index (χ3v) is 4.75. The van der Waals surface area contributed by atoms with Gasteiger partial charge < -0.3 is 4.74 Å². The van der Waals surface area contributed by atoms with Gasteiger partial charge in [-0.05, 0) is 23.8 Å². The number of hydrogen-bond acceptors (Lipinski definition) is 7. The van der Waals surface area contributed by atoms with Crippen LogP contribution in [0.15, 0.2) is 29.1 Å². The van der Waals surface area contributed by atoms with Crippen LogP contribution < -0.4 is 10.1 Å². The van der Waals surface area contributed by atoms with Gasteiger partial charge in [0, 0.05) is 17.4 Å². The highest BCUT2D eigenvalue weighted by Gasteiger charge is 2.16. The summed E-state index contributed by atoms with van der Waals surface area (Å²) in [4.78, 5) is 16.5. The molecule has 22 heavy (non-hydrogen) atoms. The molecule has 0 unspecified atom stereocenters. The Hall–Kier alpha value is -2.32. The average Bonchev–Trinajstić information content (AvgIpc) is 3.27. The standard InChI is InChI=1S/C14H10N4O2S2/c19-12(17-14-18-15-7-22-14)10-6-21-13(16-10)9-1-2-11-8(5-9)3-4-20-11/h1-2,5-7H,3-4H2,(H,17,18,19).